The number of nitrogens with zero attached hydrogens (tertiary/aromatic N) is 1. The van der Waals surface area contributed by atoms with Crippen molar-refractivity contribution in [2.24, 2.45) is 5.92 Å². The van der Waals surface area contributed by atoms with E-state index in [4.69, 9.17) is 0 Å². The minimum absolute atomic E-state index is 1.02. The minimum Gasteiger partial charge on any atom is -0.306 e. The van der Waals surface area contributed by atoms with Crippen molar-refractivity contribution in [2.75, 3.05) is 20.1 Å². The van der Waals surface area contributed by atoms with Crippen LogP contribution < -0.4 is 0 Å². The van der Waals surface area contributed by atoms with Gasteiger partial charge >= 0.3 is 0 Å². The van der Waals surface area contributed by atoms with Crippen LogP contribution >= 0.6 is 0 Å². The summed E-state index contributed by atoms with van der Waals surface area (Å²) in [5, 5.41) is 0. The Morgan fingerprint density at radius 2 is 2.10 bits per heavy atom. The first-order valence-corrected chi connectivity index (χ1v) is 4.51. The quantitative estimate of drug-likeness (QED) is 0.540. The van der Waals surface area contributed by atoms with Gasteiger partial charge in [0, 0.05) is 0 Å². The maximum Gasteiger partial charge on any atom is -0.00191 e. The van der Waals surface area contributed by atoms with Crippen molar-refractivity contribution in [3.05, 3.63) is 0 Å². The summed E-state index contributed by atoms with van der Waals surface area (Å²) in [5.74, 6) is 1.02. The van der Waals surface area contributed by atoms with Crippen LogP contribution in [0.4, 0.5) is 0 Å². The lowest BCUT2D eigenvalue weighted by molar-refractivity contribution is 0.340. The molecule has 1 nitrogen and oxygen atoms in total. The highest BCUT2D eigenvalue weighted by Gasteiger charge is 2.11. The predicted molar refractivity (Wildman–Crippen MR) is 45.1 cm³/mol. The largest absolute Gasteiger partial charge is 0.306 e. The molecule has 0 aromatic carbocycles. The smallest absolute Gasteiger partial charge is 0.00191 e. The second kappa shape index (κ2) is 3.97. The fourth-order valence-corrected chi connectivity index (χ4v) is 1.72. The second-order valence-electron chi connectivity index (χ2n) is 3.51. The molecule has 0 amide bonds. The Kier molecular flexibility index (Phi) is 3.20. The molecule has 0 aliphatic carbocycles. The maximum absolute atomic E-state index is 2.45. The summed E-state index contributed by atoms with van der Waals surface area (Å²) >= 11 is 0. The van der Waals surface area contributed by atoms with Gasteiger partial charge in [-0.1, -0.05) is 13.3 Å². The van der Waals surface area contributed by atoms with Gasteiger partial charge in [-0.25, -0.2) is 0 Å². The van der Waals surface area contributed by atoms with Crippen molar-refractivity contribution in [3.63, 3.8) is 0 Å². The summed E-state index contributed by atoms with van der Waals surface area (Å²) < 4.78 is 0. The van der Waals surface area contributed by atoms with E-state index in [1.807, 2.05) is 0 Å². The molecule has 0 radical (unpaired) electrons. The SMILES string of the molecule is CC[C@H]1CCCN(C)CC1. The van der Waals surface area contributed by atoms with E-state index in [-0.39, 0.29) is 0 Å². The Hall–Kier alpha value is -0.0400. The van der Waals surface area contributed by atoms with E-state index < -0.39 is 0 Å². The summed E-state index contributed by atoms with van der Waals surface area (Å²) in [5.41, 5.74) is 0. The molecular weight excluding hydrogens is 122 g/mol. The van der Waals surface area contributed by atoms with Crippen molar-refractivity contribution >= 4 is 0 Å². The van der Waals surface area contributed by atoms with E-state index >= 15 is 0 Å². The molecule has 1 aliphatic rings. The fourth-order valence-electron chi connectivity index (χ4n) is 1.72. The van der Waals surface area contributed by atoms with Crippen LogP contribution in [0.1, 0.15) is 32.6 Å². The van der Waals surface area contributed by atoms with Crippen molar-refractivity contribution in [1.82, 2.24) is 4.90 Å². The molecular formula is C9H19N. The highest BCUT2D eigenvalue weighted by molar-refractivity contribution is 4.66. The fraction of sp³-hybridized carbons (Fsp3) is 1.00. The molecule has 0 bridgehead atoms. The Bertz CT molecular complexity index is 90.7. The average Bonchev–Trinajstić information content (AvgIpc) is 2.14. The van der Waals surface area contributed by atoms with Crippen LogP contribution in [-0.4, -0.2) is 25.0 Å². The summed E-state index contributed by atoms with van der Waals surface area (Å²) in [6.07, 6.45) is 5.68. The van der Waals surface area contributed by atoms with Crippen molar-refractivity contribution in [2.45, 2.75) is 32.6 Å². The molecule has 0 unspecified atom stereocenters. The Morgan fingerprint density at radius 1 is 1.30 bits per heavy atom. The number of hydrogen-bond donors (Lipinski definition) is 0. The standard InChI is InChI=1S/C9H19N/c1-3-9-5-4-7-10(2)8-6-9/h9H,3-8H2,1-2H3/t9-/m0/s1. The molecule has 1 heteroatoms. The van der Waals surface area contributed by atoms with Crippen LogP contribution in [0.15, 0.2) is 0 Å². The van der Waals surface area contributed by atoms with E-state index in [0.717, 1.165) is 5.92 Å². The molecule has 0 spiro atoms. The first-order chi connectivity index (χ1) is 4.83. The molecule has 0 saturated carbocycles. The highest BCUT2D eigenvalue weighted by atomic mass is 15.1. The maximum atomic E-state index is 2.45. The Balaban J connectivity index is 2.26. The van der Waals surface area contributed by atoms with Crippen molar-refractivity contribution in [1.29, 1.82) is 0 Å². The van der Waals surface area contributed by atoms with Gasteiger partial charge in [0.25, 0.3) is 0 Å². The van der Waals surface area contributed by atoms with Gasteiger partial charge in [-0.2, -0.15) is 0 Å². The van der Waals surface area contributed by atoms with Crippen LogP contribution in [0.2, 0.25) is 0 Å². The van der Waals surface area contributed by atoms with Gasteiger partial charge in [-0.05, 0) is 45.3 Å². The lowest BCUT2D eigenvalue weighted by Crippen LogP contribution is -2.18. The summed E-state index contributed by atoms with van der Waals surface area (Å²) in [6, 6.07) is 0. The van der Waals surface area contributed by atoms with Crippen LogP contribution in [0.3, 0.4) is 0 Å². The Morgan fingerprint density at radius 3 is 2.80 bits per heavy atom. The first kappa shape index (κ1) is 8.06. The number of hydrogen-bond acceptors (Lipinski definition) is 1. The van der Waals surface area contributed by atoms with E-state index in [1.54, 1.807) is 0 Å². The third-order valence-electron chi connectivity index (χ3n) is 2.65. The van der Waals surface area contributed by atoms with Gasteiger partial charge in [0.05, 0.1) is 0 Å². The normalized spacial score (nSPS) is 30.0. The molecule has 1 rings (SSSR count). The van der Waals surface area contributed by atoms with E-state index in [9.17, 15) is 0 Å². The zero-order valence-electron chi connectivity index (χ0n) is 7.27. The topological polar surface area (TPSA) is 3.24 Å². The first-order valence-electron chi connectivity index (χ1n) is 4.51. The molecule has 1 saturated heterocycles. The molecule has 0 aromatic heterocycles. The lowest BCUT2D eigenvalue weighted by atomic mass is 9.98. The van der Waals surface area contributed by atoms with Gasteiger partial charge in [0.15, 0.2) is 0 Å². The van der Waals surface area contributed by atoms with Gasteiger partial charge in [0.1, 0.15) is 0 Å². The van der Waals surface area contributed by atoms with Crippen LogP contribution in [0, 0.1) is 5.92 Å². The summed E-state index contributed by atoms with van der Waals surface area (Å²) in [6.45, 7) is 4.95. The summed E-state index contributed by atoms with van der Waals surface area (Å²) in [4.78, 5) is 2.45. The van der Waals surface area contributed by atoms with Crippen LogP contribution in [0.25, 0.3) is 0 Å². The third-order valence-corrected chi connectivity index (χ3v) is 2.65. The molecule has 1 fully saturated rings. The van der Waals surface area contributed by atoms with E-state index in [2.05, 4.69) is 18.9 Å². The van der Waals surface area contributed by atoms with Gasteiger partial charge in [-0.3, -0.25) is 0 Å². The zero-order chi connectivity index (χ0) is 7.40. The Labute approximate surface area is 64.4 Å². The molecule has 1 atom stereocenters. The molecule has 10 heavy (non-hydrogen) atoms. The van der Waals surface area contributed by atoms with E-state index in [0.29, 0.717) is 0 Å². The average molecular weight is 141 g/mol. The second-order valence-corrected chi connectivity index (χ2v) is 3.51. The lowest BCUT2D eigenvalue weighted by Gasteiger charge is -2.12. The van der Waals surface area contributed by atoms with Gasteiger partial charge in [-0.15, -0.1) is 0 Å². The van der Waals surface area contributed by atoms with Gasteiger partial charge in [0.2, 0.25) is 0 Å². The zero-order valence-corrected chi connectivity index (χ0v) is 7.27. The molecule has 60 valence electrons. The predicted octanol–water partition coefficient (Wildman–Crippen LogP) is 2.13. The third kappa shape index (κ3) is 2.30. The van der Waals surface area contributed by atoms with E-state index in [1.165, 1.54) is 38.8 Å². The van der Waals surface area contributed by atoms with Gasteiger partial charge < -0.3 is 4.90 Å². The van der Waals surface area contributed by atoms with Crippen molar-refractivity contribution in [3.8, 4) is 0 Å². The number of likely N-dealkylation sites (tertiary alicyclic amines) is 1. The van der Waals surface area contributed by atoms with Crippen molar-refractivity contribution < 1.29 is 0 Å². The monoisotopic (exact) mass is 141 g/mol. The summed E-state index contributed by atoms with van der Waals surface area (Å²) in [7, 11) is 2.23. The molecule has 1 heterocycles. The number of rotatable bonds is 1. The minimum atomic E-state index is 1.02. The van der Waals surface area contributed by atoms with Crippen LogP contribution in [0.5, 0.6) is 0 Å². The molecule has 1 aliphatic heterocycles. The molecule has 0 aromatic rings. The molecule has 0 N–H and O–H groups in total. The highest BCUT2D eigenvalue weighted by Crippen LogP contribution is 2.18. The van der Waals surface area contributed by atoms with Crippen LogP contribution in [-0.2, 0) is 0 Å².